The normalized spacial score (nSPS) is 21.1. The van der Waals surface area contributed by atoms with Crippen LogP contribution in [-0.4, -0.2) is 30.3 Å². The molecule has 1 saturated carbocycles. The lowest BCUT2D eigenvalue weighted by Gasteiger charge is -2.14. The van der Waals surface area contributed by atoms with Crippen LogP contribution < -0.4 is 5.32 Å². The number of carbonyl (C=O) groups is 2. The van der Waals surface area contributed by atoms with E-state index in [-0.39, 0.29) is 30.9 Å². The van der Waals surface area contributed by atoms with Crippen LogP contribution in [-0.2, 0) is 9.53 Å². The highest BCUT2D eigenvalue weighted by Crippen LogP contribution is 2.53. The molecule has 5 nitrogen and oxygen atoms in total. The number of hydrogen-bond acceptors (Lipinski definition) is 3. The highest BCUT2D eigenvalue weighted by Gasteiger charge is 2.55. The van der Waals surface area contributed by atoms with Gasteiger partial charge in [-0.05, 0) is 33.7 Å². The maximum atomic E-state index is 12.4. The smallest absolute Gasteiger partial charge is 0.407 e. The van der Waals surface area contributed by atoms with Crippen molar-refractivity contribution in [1.29, 1.82) is 0 Å². The van der Waals surface area contributed by atoms with E-state index in [1.165, 1.54) is 11.1 Å². The number of benzene rings is 3. The van der Waals surface area contributed by atoms with Gasteiger partial charge >= 0.3 is 12.1 Å². The molecule has 5 rings (SSSR count). The van der Waals surface area contributed by atoms with Crippen molar-refractivity contribution in [1.82, 2.24) is 5.32 Å². The topological polar surface area (TPSA) is 75.6 Å². The Labute approximate surface area is 180 Å². The van der Waals surface area contributed by atoms with Crippen LogP contribution in [0.2, 0.25) is 0 Å². The molecule has 2 aliphatic rings. The third-order valence-electron chi connectivity index (χ3n) is 6.46. The summed E-state index contributed by atoms with van der Waals surface area (Å²) in [5.41, 5.74) is 5.68. The average Bonchev–Trinajstić information content (AvgIpc) is 3.45. The molecule has 3 unspecified atom stereocenters. The van der Waals surface area contributed by atoms with Crippen LogP contribution in [0.25, 0.3) is 11.1 Å². The molecule has 5 heteroatoms. The van der Waals surface area contributed by atoms with E-state index in [9.17, 15) is 14.7 Å². The molecular weight excluding hydrogens is 390 g/mol. The number of aliphatic carboxylic acids is 1. The summed E-state index contributed by atoms with van der Waals surface area (Å²) in [5, 5.41) is 12.3. The molecule has 3 aromatic rings. The van der Waals surface area contributed by atoms with Gasteiger partial charge in [0.1, 0.15) is 6.61 Å². The first-order chi connectivity index (χ1) is 15.1. The van der Waals surface area contributed by atoms with Crippen molar-refractivity contribution < 1.29 is 19.4 Å². The molecule has 0 aromatic heterocycles. The number of hydrogen-bond donors (Lipinski definition) is 2. The molecule has 0 heterocycles. The van der Waals surface area contributed by atoms with E-state index in [1.54, 1.807) is 0 Å². The minimum absolute atomic E-state index is 0.00269. The highest BCUT2D eigenvalue weighted by molar-refractivity contribution is 5.79. The number of carboxylic acid groups (broad SMARTS) is 1. The van der Waals surface area contributed by atoms with Gasteiger partial charge in [0.15, 0.2) is 0 Å². The Morgan fingerprint density at radius 2 is 1.42 bits per heavy atom. The fourth-order valence-electron chi connectivity index (χ4n) is 4.94. The van der Waals surface area contributed by atoms with Gasteiger partial charge in [-0.25, -0.2) is 4.79 Å². The predicted octanol–water partition coefficient (Wildman–Crippen LogP) is 4.64. The van der Waals surface area contributed by atoms with E-state index in [0.29, 0.717) is 0 Å². The summed E-state index contributed by atoms with van der Waals surface area (Å²) in [6.45, 7) is 0.530. The molecule has 0 aliphatic heterocycles. The minimum Gasteiger partial charge on any atom is -0.481 e. The number of carboxylic acids is 1. The summed E-state index contributed by atoms with van der Waals surface area (Å²) in [6, 6.07) is 26.0. The van der Waals surface area contributed by atoms with Gasteiger partial charge in [-0.15, -0.1) is 0 Å². The zero-order chi connectivity index (χ0) is 21.4. The van der Waals surface area contributed by atoms with Gasteiger partial charge in [0, 0.05) is 18.4 Å². The molecule has 31 heavy (non-hydrogen) atoms. The number of alkyl carbamates (subject to hydrolysis) is 1. The predicted molar refractivity (Wildman–Crippen MR) is 117 cm³/mol. The SMILES string of the molecule is O=C(NCC1C(C(=O)O)C1c1ccccc1)OCC1c2ccccc2-c2ccccc21. The summed E-state index contributed by atoms with van der Waals surface area (Å²) in [7, 11) is 0. The summed E-state index contributed by atoms with van der Waals surface area (Å²) >= 11 is 0. The fourth-order valence-corrected chi connectivity index (χ4v) is 4.94. The van der Waals surface area contributed by atoms with Crippen LogP contribution in [0.15, 0.2) is 78.9 Å². The van der Waals surface area contributed by atoms with Gasteiger partial charge in [-0.1, -0.05) is 78.9 Å². The third-order valence-corrected chi connectivity index (χ3v) is 6.46. The van der Waals surface area contributed by atoms with E-state index in [4.69, 9.17) is 4.74 Å². The highest BCUT2D eigenvalue weighted by atomic mass is 16.5. The Morgan fingerprint density at radius 1 is 0.839 bits per heavy atom. The lowest BCUT2D eigenvalue weighted by Crippen LogP contribution is -2.28. The average molecular weight is 413 g/mol. The van der Waals surface area contributed by atoms with Gasteiger partial charge in [0.05, 0.1) is 5.92 Å². The zero-order valence-corrected chi connectivity index (χ0v) is 16.9. The molecule has 1 fully saturated rings. The van der Waals surface area contributed by atoms with Gasteiger partial charge in [0.2, 0.25) is 0 Å². The van der Waals surface area contributed by atoms with Crippen LogP contribution >= 0.6 is 0 Å². The Morgan fingerprint density at radius 3 is 2.03 bits per heavy atom. The van der Waals surface area contributed by atoms with Gasteiger partial charge in [-0.2, -0.15) is 0 Å². The number of amides is 1. The third kappa shape index (κ3) is 3.56. The molecule has 0 saturated heterocycles. The standard InChI is InChI=1S/C26H23NO4/c28-25(29)24-21(23(24)16-8-2-1-3-9-16)14-27-26(30)31-15-22-19-12-6-4-10-17(19)18-11-5-7-13-20(18)22/h1-13,21-24H,14-15H2,(H,27,30)(H,28,29). The summed E-state index contributed by atoms with van der Waals surface area (Å²) in [4.78, 5) is 24.0. The molecule has 3 aromatic carbocycles. The van der Waals surface area contributed by atoms with Crippen LogP contribution in [0, 0.1) is 11.8 Å². The van der Waals surface area contributed by atoms with Gasteiger partial charge in [0.25, 0.3) is 0 Å². The van der Waals surface area contributed by atoms with Crippen molar-refractivity contribution in [3.05, 3.63) is 95.6 Å². The Balaban J connectivity index is 1.21. The van der Waals surface area contributed by atoms with E-state index in [1.807, 2.05) is 54.6 Å². The molecule has 0 bridgehead atoms. The van der Waals surface area contributed by atoms with Crippen LogP contribution in [0.1, 0.15) is 28.5 Å². The van der Waals surface area contributed by atoms with E-state index in [2.05, 4.69) is 29.6 Å². The van der Waals surface area contributed by atoms with Gasteiger partial charge in [-0.3, -0.25) is 4.79 Å². The summed E-state index contributed by atoms with van der Waals surface area (Å²) in [6.07, 6.45) is -0.510. The molecule has 0 spiro atoms. The Bertz CT molecular complexity index is 1080. The number of nitrogens with one attached hydrogen (secondary N) is 1. The number of ether oxygens (including phenoxy) is 1. The molecule has 0 radical (unpaired) electrons. The molecular formula is C26H23NO4. The second-order valence-electron chi connectivity index (χ2n) is 8.17. The molecule has 156 valence electrons. The first kappa shape index (κ1) is 19.4. The number of rotatable bonds is 6. The Hall–Kier alpha value is -3.60. The van der Waals surface area contributed by atoms with Crippen molar-refractivity contribution >= 4 is 12.1 Å². The van der Waals surface area contributed by atoms with Crippen molar-refractivity contribution in [2.24, 2.45) is 11.8 Å². The monoisotopic (exact) mass is 413 g/mol. The number of fused-ring (bicyclic) bond motifs is 3. The van der Waals surface area contributed by atoms with Gasteiger partial charge < -0.3 is 15.2 Å². The lowest BCUT2D eigenvalue weighted by molar-refractivity contribution is -0.139. The largest absolute Gasteiger partial charge is 0.481 e. The summed E-state index contributed by atoms with van der Waals surface area (Å²) in [5.74, 6) is -1.50. The van der Waals surface area contributed by atoms with E-state index < -0.39 is 18.0 Å². The van der Waals surface area contributed by atoms with Crippen molar-refractivity contribution in [2.75, 3.05) is 13.2 Å². The second-order valence-corrected chi connectivity index (χ2v) is 8.17. The fraction of sp³-hybridized carbons (Fsp3) is 0.231. The molecule has 3 atom stereocenters. The first-order valence-electron chi connectivity index (χ1n) is 10.5. The van der Waals surface area contributed by atoms with Crippen molar-refractivity contribution in [2.45, 2.75) is 11.8 Å². The van der Waals surface area contributed by atoms with Crippen molar-refractivity contribution in [3.8, 4) is 11.1 Å². The second kappa shape index (κ2) is 7.91. The Kier molecular flexibility index (Phi) is 4.94. The molecule has 1 amide bonds. The minimum atomic E-state index is -0.826. The zero-order valence-electron chi connectivity index (χ0n) is 16.9. The maximum absolute atomic E-state index is 12.4. The quantitative estimate of drug-likeness (QED) is 0.617. The maximum Gasteiger partial charge on any atom is 0.407 e. The van der Waals surface area contributed by atoms with E-state index >= 15 is 0 Å². The summed E-state index contributed by atoms with van der Waals surface area (Å²) < 4.78 is 5.56. The van der Waals surface area contributed by atoms with E-state index in [0.717, 1.165) is 16.7 Å². The molecule has 2 N–H and O–H groups in total. The van der Waals surface area contributed by atoms with Crippen LogP contribution in [0.4, 0.5) is 4.79 Å². The van der Waals surface area contributed by atoms with Crippen LogP contribution in [0.5, 0.6) is 0 Å². The number of carbonyl (C=O) groups excluding carboxylic acids is 1. The molecule has 2 aliphatic carbocycles. The van der Waals surface area contributed by atoms with Crippen LogP contribution in [0.3, 0.4) is 0 Å². The van der Waals surface area contributed by atoms with Crippen molar-refractivity contribution in [3.63, 3.8) is 0 Å². The lowest BCUT2D eigenvalue weighted by atomic mass is 9.98. The first-order valence-corrected chi connectivity index (χ1v) is 10.5.